The SMILES string of the molecule is C=CCNC(N)=NCCCCN1CCN(CC)CC1.I. The Morgan fingerprint density at radius 1 is 1.25 bits per heavy atom. The van der Waals surface area contributed by atoms with Crippen molar-refractivity contribution in [2.75, 3.05) is 52.4 Å². The summed E-state index contributed by atoms with van der Waals surface area (Å²) in [5.74, 6) is 0.525. The summed E-state index contributed by atoms with van der Waals surface area (Å²) in [6, 6.07) is 0. The highest BCUT2D eigenvalue weighted by Crippen LogP contribution is 2.03. The number of aliphatic imine (C=N–C) groups is 1. The van der Waals surface area contributed by atoms with Crippen LogP contribution in [0.2, 0.25) is 0 Å². The van der Waals surface area contributed by atoms with Gasteiger partial charge in [-0.2, -0.15) is 0 Å². The van der Waals surface area contributed by atoms with Gasteiger partial charge >= 0.3 is 0 Å². The van der Waals surface area contributed by atoms with Crippen molar-refractivity contribution in [1.29, 1.82) is 0 Å². The first-order chi connectivity index (χ1) is 9.26. The zero-order valence-corrected chi connectivity index (χ0v) is 15.0. The Morgan fingerprint density at radius 2 is 1.90 bits per heavy atom. The molecule has 0 atom stereocenters. The van der Waals surface area contributed by atoms with Gasteiger partial charge in [-0.3, -0.25) is 4.99 Å². The van der Waals surface area contributed by atoms with E-state index in [0.29, 0.717) is 12.5 Å². The Kier molecular flexibility index (Phi) is 12.2. The van der Waals surface area contributed by atoms with E-state index in [0.717, 1.165) is 13.0 Å². The first kappa shape index (κ1) is 19.7. The van der Waals surface area contributed by atoms with Gasteiger partial charge in [0.2, 0.25) is 0 Å². The molecule has 118 valence electrons. The number of halogens is 1. The van der Waals surface area contributed by atoms with Crippen molar-refractivity contribution in [1.82, 2.24) is 15.1 Å². The third kappa shape index (κ3) is 8.76. The number of hydrogen-bond donors (Lipinski definition) is 2. The maximum absolute atomic E-state index is 5.69. The molecule has 0 radical (unpaired) electrons. The van der Waals surface area contributed by atoms with E-state index in [2.05, 4.69) is 33.6 Å². The lowest BCUT2D eigenvalue weighted by molar-refractivity contribution is 0.136. The minimum absolute atomic E-state index is 0. The first-order valence-corrected chi connectivity index (χ1v) is 7.35. The highest BCUT2D eigenvalue weighted by Gasteiger charge is 2.14. The Labute approximate surface area is 140 Å². The summed E-state index contributed by atoms with van der Waals surface area (Å²) in [5.41, 5.74) is 5.69. The van der Waals surface area contributed by atoms with Gasteiger partial charge in [-0.25, -0.2) is 0 Å². The number of guanidine groups is 1. The first-order valence-electron chi connectivity index (χ1n) is 7.35. The van der Waals surface area contributed by atoms with Crippen molar-refractivity contribution in [3.8, 4) is 0 Å². The Bertz CT molecular complexity index is 275. The zero-order valence-electron chi connectivity index (χ0n) is 12.7. The van der Waals surface area contributed by atoms with E-state index in [1.165, 1.54) is 45.7 Å². The molecule has 1 saturated heterocycles. The van der Waals surface area contributed by atoms with Crippen LogP contribution in [0, 0.1) is 0 Å². The molecule has 1 aliphatic heterocycles. The maximum Gasteiger partial charge on any atom is 0.188 e. The van der Waals surface area contributed by atoms with E-state index in [1.807, 2.05) is 0 Å². The highest BCUT2D eigenvalue weighted by atomic mass is 127. The van der Waals surface area contributed by atoms with Crippen LogP contribution in [-0.4, -0.2) is 68.1 Å². The lowest BCUT2D eigenvalue weighted by Crippen LogP contribution is -2.46. The van der Waals surface area contributed by atoms with Crippen molar-refractivity contribution in [2.45, 2.75) is 19.8 Å². The van der Waals surface area contributed by atoms with Crippen LogP contribution in [0.3, 0.4) is 0 Å². The molecule has 0 aliphatic carbocycles. The summed E-state index contributed by atoms with van der Waals surface area (Å²) in [7, 11) is 0. The predicted octanol–water partition coefficient (Wildman–Crippen LogP) is 1.11. The second-order valence-electron chi connectivity index (χ2n) is 4.92. The van der Waals surface area contributed by atoms with Gasteiger partial charge in [0, 0.05) is 39.3 Å². The number of piperazine rings is 1. The van der Waals surface area contributed by atoms with Crippen LogP contribution in [0.5, 0.6) is 0 Å². The highest BCUT2D eigenvalue weighted by molar-refractivity contribution is 14.0. The number of unbranched alkanes of at least 4 members (excludes halogenated alkanes) is 1. The van der Waals surface area contributed by atoms with Crippen LogP contribution in [-0.2, 0) is 0 Å². The van der Waals surface area contributed by atoms with E-state index in [4.69, 9.17) is 5.73 Å². The molecule has 0 aromatic rings. The van der Waals surface area contributed by atoms with Crippen molar-refractivity contribution in [3.05, 3.63) is 12.7 Å². The molecule has 0 aromatic carbocycles. The largest absolute Gasteiger partial charge is 0.370 e. The fourth-order valence-corrected chi connectivity index (χ4v) is 2.21. The second-order valence-corrected chi connectivity index (χ2v) is 4.92. The molecule has 6 heteroatoms. The van der Waals surface area contributed by atoms with Gasteiger partial charge < -0.3 is 20.9 Å². The molecule has 0 saturated carbocycles. The summed E-state index contributed by atoms with van der Waals surface area (Å²) < 4.78 is 0. The monoisotopic (exact) mass is 395 g/mol. The van der Waals surface area contributed by atoms with E-state index < -0.39 is 0 Å². The zero-order chi connectivity index (χ0) is 13.9. The molecule has 3 N–H and O–H groups in total. The van der Waals surface area contributed by atoms with E-state index in [-0.39, 0.29) is 24.0 Å². The molecular weight excluding hydrogens is 365 g/mol. The van der Waals surface area contributed by atoms with Crippen LogP contribution in [0.4, 0.5) is 0 Å². The fourth-order valence-electron chi connectivity index (χ4n) is 2.21. The summed E-state index contributed by atoms with van der Waals surface area (Å²) in [6.45, 7) is 14.6. The minimum Gasteiger partial charge on any atom is -0.370 e. The molecule has 5 nitrogen and oxygen atoms in total. The van der Waals surface area contributed by atoms with Crippen LogP contribution in [0.25, 0.3) is 0 Å². The van der Waals surface area contributed by atoms with Crippen LogP contribution >= 0.6 is 24.0 Å². The number of nitrogens with two attached hydrogens (primary N) is 1. The summed E-state index contributed by atoms with van der Waals surface area (Å²) in [5, 5.41) is 2.98. The summed E-state index contributed by atoms with van der Waals surface area (Å²) in [6.07, 6.45) is 4.08. The molecular formula is C14H30IN5. The maximum atomic E-state index is 5.69. The molecule has 0 bridgehead atoms. The molecule has 1 fully saturated rings. The van der Waals surface area contributed by atoms with E-state index >= 15 is 0 Å². The molecule has 20 heavy (non-hydrogen) atoms. The number of hydrogen-bond acceptors (Lipinski definition) is 3. The van der Waals surface area contributed by atoms with Gasteiger partial charge in [-0.15, -0.1) is 30.6 Å². The van der Waals surface area contributed by atoms with E-state index in [1.54, 1.807) is 6.08 Å². The van der Waals surface area contributed by atoms with Crippen LogP contribution < -0.4 is 11.1 Å². The van der Waals surface area contributed by atoms with Crippen LogP contribution in [0.1, 0.15) is 19.8 Å². The number of nitrogens with one attached hydrogen (secondary N) is 1. The third-order valence-corrected chi connectivity index (χ3v) is 3.50. The predicted molar refractivity (Wildman–Crippen MR) is 97.9 cm³/mol. The average molecular weight is 395 g/mol. The molecule has 0 amide bonds. The molecule has 1 aliphatic rings. The van der Waals surface area contributed by atoms with Gasteiger partial charge in [0.15, 0.2) is 5.96 Å². The Hall–Kier alpha value is -0.340. The second kappa shape index (κ2) is 12.4. The minimum atomic E-state index is 0. The molecule has 1 heterocycles. The van der Waals surface area contributed by atoms with Gasteiger partial charge in [0.25, 0.3) is 0 Å². The normalized spacial score (nSPS) is 17.6. The molecule has 0 spiro atoms. The average Bonchev–Trinajstić information content (AvgIpc) is 2.45. The van der Waals surface area contributed by atoms with Gasteiger partial charge in [-0.05, 0) is 25.9 Å². The Balaban J connectivity index is 0.00000361. The standard InChI is InChI=1S/C14H29N5.HI/c1-3-7-16-14(15)17-8-5-6-9-19-12-10-18(4-2)11-13-19;/h3H,1,4-13H2,2H3,(H3,15,16,17);1H. The summed E-state index contributed by atoms with van der Waals surface area (Å²) >= 11 is 0. The van der Waals surface area contributed by atoms with Gasteiger partial charge in [0.1, 0.15) is 0 Å². The van der Waals surface area contributed by atoms with Crippen molar-refractivity contribution < 1.29 is 0 Å². The summed E-state index contributed by atoms with van der Waals surface area (Å²) in [4.78, 5) is 9.34. The van der Waals surface area contributed by atoms with Crippen LogP contribution in [0.15, 0.2) is 17.6 Å². The lowest BCUT2D eigenvalue weighted by Gasteiger charge is -2.33. The topological polar surface area (TPSA) is 56.9 Å². The number of likely N-dealkylation sites (N-methyl/N-ethyl adjacent to an activating group) is 1. The smallest absolute Gasteiger partial charge is 0.188 e. The molecule has 0 aromatic heterocycles. The van der Waals surface area contributed by atoms with Crippen molar-refractivity contribution >= 4 is 29.9 Å². The van der Waals surface area contributed by atoms with Gasteiger partial charge in [0.05, 0.1) is 0 Å². The third-order valence-electron chi connectivity index (χ3n) is 3.50. The molecule has 1 rings (SSSR count). The number of nitrogens with zero attached hydrogens (tertiary/aromatic N) is 3. The lowest BCUT2D eigenvalue weighted by atomic mass is 10.2. The Morgan fingerprint density at radius 3 is 2.50 bits per heavy atom. The fraction of sp³-hybridized carbons (Fsp3) is 0.786. The van der Waals surface area contributed by atoms with Crippen molar-refractivity contribution in [3.63, 3.8) is 0 Å². The van der Waals surface area contributed by atoms with Gasteiger partial charge in [-0.1, -0.05) is 13.0 Å². The quantitative estimate of drug-likeness (QED) is 0.213. The number of rotatable bonds is 8. The molecule has 0 unspecified atom stereocenters. The van der Waals surface area contributed by atoms with Crippen molar-refractivity contribution in [2.24, 2.45) is 10.7 Å². The van der Waals surface area contributed by atoms with E-state index in [9.17, 15) is 0 Å².